The van der Waals surface area contributed by atoms with Gasteiger partial charge in [-0.15, -0.1) is 0 Å². The lowest BCUT2D eigenvalue weighted by atomic mass is 9.79. The van der Waals surface area contributed by atoms with Crippen LogP contribution in [-0.4, -0.2) is 47.7 Å². The molecule has 2 rings (SSSR count). The normalized spacial score (nSPS) is 54.5. The second-order valence-corrected chi connectivity index (χ2v) is 4.38. The van der Waals surface area contributed by atoms with Crippen molar-refractivity contribution < 1.29 is 14.9 Å². The van der Waals surface area contributed by atoms with Crippen LogP contribution in [0.25, 0.3) is 0 Å². The molecule has 13 heavy (non-hydrogen) atoms. The highest BCUT2D eigenvalue weighted by Gasteiger charge is 2.61. The number of ether oxygens (including phenoxy) is 1. The molecule has 1 saturated heterocycles. The molecule has 4 heteroatoms. The lowest BCUT2D eigenvalue weighted by molar-refractivity contribution is -0.0771. The van der Waals surface area contributed by atoms with Crippen LogP contribution in [0.1, 0.15) is 13.3 Å². The van der Waals surface area contributed by atoms with Crippen molar-refractivity contribution in [2.24, 2.45) is 5.92 Å². The van der Waals surface area contributed by atoms with Gasteiger partial charge in [-0.3, -0.25) is 0 Å². The number of hydrogen-bond donors (Lipinski definition) is 3. The Morgan fingerprint density at radius 2 is 2.31 bits per heavy atom. The number of aliphatic hydroxyl groups is 2. The monoisotopic (exact) mass is 187 g/mol. The highest BCUT2D eigenvalue weighted by Crippen LogP contribution is 2.43. The first-order chi connectivity index (χ1) is 6.12. The third-order valence-corrected chi connectivity index (χ3v) is 3.42. The van der Waals surface area contributed by atoms with Gasteiger partial charge in [0.1, 0.15) is 0 Å². The number of methoxy groups -OCH3 is 1. The van der Waals surface area contributed by atoms with Crippen LogP contribution in [0.3, 0.4) is 0 Å². The first-order valence-corrected chi connectivity index (χ1v) is 4.72. The third kappa shape index (κ3) is 1.29. The van der Waals surface area contributed by atoms with Crippen molar-refractivity contribution in [2.75, 3.05) is 13.7 Å². The number of aliphatic hydroxyl groups excluding tert-OH is 2. The van der Waals surface area contributed by atoms with Crippen LogP contribution in [0, 0.1) is 5.92 Å². The number of rotatable bonds is 2. The Hall–Kier alpha value is -0.160. The molecule has 4 nitrogen and oxygen atoms in total. The van der Waals surface area contributed by atoms with E-state index >= 15 is 0 Å². The largest absolute Gasteiger partial charge is 0.396 e. The predicted molar refractivity (Wildman–Crippen MR) is 47.3 cm³/mol. The summed E-state index contributed by atoms with van der Waals surface area (Å²) in [5, 5.41) is 22.2. The summed E-state index contributed by atoms with van der Waals surface area (Å²) >= 11 is 0. The minimum Gasteiger partial charge on any atom is -0.396 e. The maximum absolute atomic E-state index is 9.85. The second-order valence-electron chi connectivity index (χ2n) is 4.38. The van der Waals surface area contributed by atoms with E-state index in [0.29, 0.717) is 0 Å². The molecule has 2 fully saturated rings. The van der Waals surface area contributed by atoms with Crippen LogP contribution in [0.15, 0.2) is 0 Å². The Balaban J connectivity index is 2.11. The molecule has 1 aliphatic carbocycles. The van der Waals surface area contributed by atoms with E-state index in [1.54, 1.807) is 7.11 Å². The molecule has 0 amide bonds. The SMILES string of the molecule is CO[C@@H]1C(CO)C[C@]2(C)NC2C1O. The quantitative estimate of drug-likeness (QED) is 0.490. The molecule has 3 unspecified atom stereocenters. The smallest absolute Gasteiger partial charge is 0.0975 e. The fourth-order valence-electron chi connectivity index (χ4n) is 2.59. The van der Waals surface area contributed by atoms with E-state index in [0.717, 1.165) is 6.42 Å². The van der Waals surface area contributed by atoms with Gasteiger partial charge in [0.05, 0.1) is 18.2 Å². The molecule has 0 aromatic carbocycles. The number of hydrogen-bond acceptors (Lipinski definition) is 4. The zero-order chi connectivity index (χ0) is 9.64. The van der Waals surface area contributed by atoms with Crippen LogP contribution in [0.4, 0.5) is 0 Å². The van der Waals surface area contributed by atoms with Gasteiger partial charge in [0.15, 0.2) is 0 Å². The molecule has 0 aromatic rings. The number of fused-ring (bicyclic) bond motifs is 1. The number of nitrogens with one attached hydrogen (secondary N) is 1. The van der Waals surface area contributed by atoms with Gasteiger partial charge >= 0.3 is 0 Å². The van der Waals surface area contributed by atoms with Crippen LogP contribution < -0.4 is 5.32 Å². The Kier molecular flexibility index (Phi) is 2.11. The average Bonchev–Trinajstić information content (AvgIpc) is 2.78. The van der Waals surface area contributed by atoms with E-state index in [-0.39, 0.29) is 30.2 Å². The highest BCUT2D eigenvalue weighted by molar-refractivity contribution is 5.20. The van der Waals surface area contributed by atoms with E-state index in [9.17, 15) is 5.11 Å². The maximum atomic E-state index is 9.85. The van der Waals surface area contributed by atoms with Gasteiger partial charge in [0.2, 0.25) is 0 Å². The Morgan fingerprint density at radius 1 is 1.62 bits per heavy atom. The van der Waals surface area contributed by atoms with Crippen LogP contribution in [0.5, 0.6) is 0 Å². The summed E-state index contributed by atoms with van der Waals surface area (Å²) < 4.78 is 5.20. The molecule has 1 saturated carbocycles. The molecular weight excluding hydrogens is 170 g/mol. The molecule has 3 N–H and O–H groups in total. The molecule has 0 bridgehead atoms. The fraction of sp³-hybridized carbons (Fsp3) is 1.00. The summed E-state index contributed by atoms with van der Waals surface area (Å²) in [4.78, 5) is 0. The Bertz CT molecular complexity index is 211. The van der Waals surface area contributed by atoms with Crippen molar-refractivity contribution in [3.05, 3.63) is 0 Å². The van der Waals surface area contributed by atoms with Crippen molar-refractivity contribution in [3.8, 4) is 0 Å². The van der Waals surface area contributed by atoms with Crippen LogP contribution in [-0.2, 0) is 4.74 Å². The second kappa shape index (κ2) is 2.92. The predicted octanol–water partition coefficient (Wildman–Crippen LogP) is -0.895. The van der Waals surface area contributed by atoms with Gasteiger partial charge in [-0.25, -0.2) is 0 Å². The van der Waals surface area contributed by atoms with E-state index in [1.807, 2.05) is 0 Å². The van der Waals surface area contributed by atoms with Gasteiger partial charge < -0.3 is 20.3 Å². The van der Waals surface area contributed by atoms with Crippen molar-refractivity contribution >= 4 is 0 Å². The molecule has 1 aliphatic heterocycles. The van der Waals surface area contributed by atoms with E-state index < -0.39 is 6.10 Å². The summed E-state index contributed by atoms with van der Waals surface area (Å²) in [6.07, 6.45) is 0.169. The van der Waals surface area contributed by atoms with E-state index in [2.05, 4.69) is 12.2 Å². The molecule has 1 heterocycles. The van der Waals surface area contributed by atoms with Crippen LogP contribution in [0.2, 0.25) is 0 Å². The molecule has 0 spiro atoms. The average molecular weight is 187 g/mol. The minimum absolute atomic E-state index is 0.0296. The van der Waals surface area contributed by atoms with Gasteiger partial charge in [0, 0.05) is 25.2 Å². The highest BCUT2D eigenvalue weighted by atomic mass is 16.5. The maximum Gasteiger partial charge on any atom is 0.0975 e. The fourth-order valence-corrected chi connectivity index (χ4v) is 2.59. The Labute approximate surface area is 77.9 Å². The van der Waals surface area contributed by atoms with Gasteiger partial charge in [-0.2, -0.15) is 0 Å². The van der Waals surface area contributed by atoms with E-state index in [4.69, 9.17) is 9.84 Å². The van der Waals surface area contributed by atoms with Crippen LogP contribution >= 0.6 is 0 Å². The Morgan fingerprint density at radius 3 is 2.85 bits per heavy atom. The van der Waals surface area contributed by atoms with Gasteiger partial charge in [-0.05, 0) is 13.3 Å². The zero-order valence-electron chi connectivity index (χ0n) is 8.03. The summed E-state index contributed by atoms with van der Waals surface area (Å²) in [6.45, 7) is 2.16. The summed E-state index contributed by atoms with van der Waals surface area (Å²) in [6, 6.07) is 0.153. The molecule has 76 valence electrons. The molecular formula is C9H17NO3. The van der Waals surface area contributed by atoms with Crippen molar-refractivity contribution in [2.45, 2.75) is 37.1 Å². The molecule has 0 radical (unpaired) electrons. The van der Waals surface area contributed by atoms with Crippen molar-refractivity contribution in [1.29, 1.82) is 0 Å². The molecule has 5 atom stereocenters. The lowest BCUT2D eigenvalue weighted by Gasteiger charge is -2.34. The summed E-state index contributed by atoms with van der Waals surface area (Å²) in [5.41, 5.74) is 0.0296. The summed E-state index contributed by atoms with van der Waals surface area (Å²) in [5.74, 6) is 0.0521. The molecule has 2 aliphatic rings. The first kappa shape index (κ1) is 9.40. The summed E-state index contributed by atoms with van der Waals surface area (Å²) in [7, 11) is 1.58. The third-order valence-electron chi connectivity index (χ3n) is 3.42. The van der Waals surface area contributed by atoms with Crippen molar-refractivity contribution in [3.63, 3.8) is 0 Å². The first-order valence-electron chi connectivity index (χ1n) is 4.72. The zero-order valence-corrected chi connectivity index (χ0v) is 8.03. The van der Waals surface area contributed by atoms with E-state index in [1.165, 1.54) is 0 Å². The molecule has 0 aromatic heterocycles. The van der Waals surface area contributed by atoms with Gasteiger partial charge in [0.25, 0.3) is 0 Å². The van der Waals surface area contributed by atoms with Crippen molar-refractivity contribution in [1.82, 2.24) is 5.32 Å². The lowest BCUT2D eigenvalue weighted by Crippen LogP contribution is -2.48. The standard InChI is InChI=1S/C9H17NO3/c1-9-3-5(4-11)7(13-2)6(12)8(9)10-9/h5-8,10-12H,3-4H2,1-2H3/t5?,6?,7-,8?,9+/m1/s1. The van der Waals surface area contributed by atoms with Gasteiger partial charge in [-0.1, -0.05) is 0 Å². The topological polar surface area (TPSA) is 71.6 Å². The minimum atomic E-state index is -0.485.